The number of ether oxygens (including phenoxy) is 1. The molecule has 1 atom stereocenters. The van der Waals surface area contributed by atoms with Crippen molar-refractivity contribution < 1.29 is 9.13 Å². The van der Waals surface area contributed by atoms with Gasteiger partial charge in [-0.3, -0.25) is 0 Å². The fraction of sp³-hybridized carbons (Fsp3) is 0.385. The summed E-state index contributed by atoms with van der Waals surface area (Å²) in [7, 11) is 0. The summed E-state index contributed by atoms with van der Waals surface area (Å²) in [5.74, 6) is -0.0872. The molecule has 0 amide bonds. The topological polar surface area (TPSA) is 35.2 Å². The Morgan fingerprint density at radius 1 is 1.56 bits per heavy atom. The molecule has 0 aliphatic rings. The lowest BCUT2D eigenvalue weighted by atomic mass is 10.1. The zero-order chi connectivity index (χ0) is 12.1. The molecule has 0 saturated carbocycles. The second-order valence-corrected chi connectivity index (χ2v) is 4.19. The van der Waals surface area contributed by atoms with Gasteiger partial charge in [0.15, 0.2) is 11.6 Å². The highest BCUT2D eigenvalue weighted by Crippen LogP contribution is 2.19. The second kappa shape index (κ2) is 5.66. The highest BCUT2D eigenvalue weighted by molar-refractivity contribution is 5.30. The summed E-state index contributed by atoms with van der Waals surface area (Å²) in [5, 5.41) is 0. The zero-order valence-electron chi connectivity index (χ0n) is 9.79. The Hall–Kier alpha value is -1.35. The van der Waals surface area contributed by atoms with Crippen LogP contribution in [-0.2, 0) is 6.42 Å². The first-order chi connectivity index (χ1) is 7.49. The first-order valence-corrected chi connectivity index (χ1v) is 5.30. The van der Waals surface area contributed by atoms with Gasteiger partial charge in [-0.1, -0.05) is 12.6 Å². The van der Waals surface area contributed by atoms with Crippen LogP contribution in [0.25, 0.3) is 0 Å². The van der Waals surface area contributed by atoms with E-state index in [2.05, 4.69) is 6.58 Å². The Kier molecular flexibility index (Phi) is 4.50. The minimum Gasteiger partial charge on any atom is -0.486 e. The molecule has 0 saturated heterocycles. The van der Waals surface area contributed by atoms with Gasteiger partial charge in [0.2, 0.25) is 0 Å². The first-order valence-electron chi connectivity index (χ1n) is 5.30. The summed E-state index contributed by atoms with van der Waals surface area (Å²) in [5.41, 5.74) is 7.39. The van der Waals surface area contributed by atoms with E-state index in [0.717, 1.165) is 11.1 Å². The standard InChI is InChI=1S/C13H18FNO/c1-9(2)8-16-13-5-4-11(6-10(3)15)7-12(13)14/h4-5,7,10H,1,6,8,15H2,2-3H3. The molecule has 1 rings (SSSR count). The van der Waals surface area contributed by atoms with E-state index in [9.17, 15) is 4.39 Å². The molecule has 1 unspecified atom stereocenters. The van der Waals surface area contributed by atoms with E-state index in [-0.39, 0.29) is 17.6 Å². The molecule has 0 aromatic heterocycles. The van der Waals surface area contributed by atoms with E-state index in [4.69, 9.17) is 10.5 Å². The van der Waals surface area contributed by atoms with Crippen LogP contribution >= 0.6 is 0 Å². The number of nitrogens with two attached hydrogens (primary N) is 1. The molecule has 3 heteroatoms. The van der Waals surface area contributed by atoms with E-state index in [0.29, 0.717) is 13.0 Å². The molecule has 0 aliphatic heterocycles. The third-order valence-corrected chi connectivity index (χ3v) is 2.03. The lowest BCUT2D eigenvalue weighted by molar-refractivity contribution is 0.332. The summed E-state index contributed by atoms with van der Waals surface area (Å²) in [4.78, 5) is 0. The largest absolute Gasteiger partial charge is 0.486 e. The molecule has 1 aromatic rings. The average Bonchev–Trinajstić information content (AvgIpc) is 2.15. The third-order valence-electron chi connectivity index (χ3n) is 2.03. The Morgan fingerprint density at radius 2 is 2.25 bits per heavy atom. The normalized spacial score (nSPS) is 12.2. The summed E-state index contributed by atoms with van der Waals surface area (Å²) in [6.45, 7) is 7.76. The molecule has 1 aromatic carbocycles. The zero-order valence-corrected chi connectivity index (χ0v) is 9.79. The van der Waals surface area contributed by atoms with Crippen LogP contribution in [-0.4, -0.2) is 12.6 Å². The molecule has 0 spiro atoms. The number of hydrogen-bond donors (Lipinski definition) is 1. The maximum Gasteiger partial charge on any atom is 0.165 e. The molecular formula is C13H18FNO. The van der Waals surface area contributed by atoms with Gasteiger partial charge < -0.3 is 10.5 Å². The summed E-state index contributed by atoms with van der Waals surface area (Å²) < 4.78 is 18.8. The van der Waals surface area contributed by atoms with Crippen molar-refractivity contribution in [2.75, 3.05) is 6.61 Å². The van der Waals surface area contributed by atoms with Gasteiger partial charge in [-0.15, -0.1) is 0 Å². The Balaban J connectivity index is 2.71. The molecule has 0 bridgehead atoms. The Bertz CT molecular complexity index is 374. The van der Waals surface area contributed by atoms with Crippen LogP contribution in [0.4, 0.5) is 4.39 Å². The minimum absolute atomic E-state index is 0.0292. The predicted molar refractivity (Wildman–Crippen MR) is 64.1 cm³/mol. The number of benzene rings is 1. The molecule has 0 heterocycles. The van der Waals surface area contributed by atoms with Crippen LogP contribution in [0.5, 0.6) is 5.75 Å². The maximum absolute atomic E-state index is 13.6. The predicted octanol–water partition coefficient (Wildman–Crippen LogP) is 2.67. The van der Waals surface area contributed by atoms with Crippen molar-refractivity contribution in [1.29, 1.82) is 0 Å². The molecule has 0 aliphatic carbocycles. The SMILES string of the molecule is C=C(C)COc1ccc(CC(C)N)cc1F. The highest BCUT2D eigenvalue weighted by atomic mass is 19.1. The second-order valence-electron chi connectivity index (χ2n) is 4.19. The van der Waals surface area contributed by atoms with Crippen molar-refractivity contribution in [3.05, 3.63) is 41.7 Å². The average molecular weight is 223 g/mol. The lowest BCUT2D eigenvalue weighted by Crippen LogP contribution is -2.17. The van der Waals surface area contributed by atoms with Crippen LogP contribution in [0.2, 0.25) is 0 Å². The number of hydrogen-bond acceptors (Lipinski definition) is 2. The molecule has 2 nitrogen and oxygen atoms in total. The highest BCUT2D eigenvalue weighted by Gasteiger charge is 2.06. The van der Waals surface area contributed by atoms with Crippen molar-refractivity contribution >= 4 is 0 Å². The molecule has 16 heavy (non-hydrogen) atoms. The molecule has 0 radical (unpaired) electrons. The van der Waals surface area contributed by atoms with Crippen molar-refractivity contribution in [3.63, 3.8) is 0 Å². The number of halogens is 1. The molecule has 2 N–H and O–H groups in total. The van der Waals surface area contributed by atoms with Crippen molar-refractivity contribution in [3.8, 4) is 5.75 Å². The van der Waals surface area contributed by atoms with Crippen molar-refractivity contribution in [2.45, 2.75) is 26.3 Å². The van der Waals surface area contributed by atoms with Crippen LogP contribution in [0.3, 0.4) is 0 Å². The number of rotatable bonds is 5. The van der Waals surface area contributed by atoms with Crippen LogP contribution in [0, 0.1) is 5.82 Å². The minimum atomic E-state index is -0.348. The van der Waals surface area contributed by atoms with E-state index in [1.165, 1.54) is 6.07 Å². The first kappa shape index (κ1) is 12.7. The van der Waals surface area contributed by atoms with Crippen LogP contribution < -0.4 is 10.5 Å². The van der Waals surface area contributed by atoms with Gasteiger partial charge in [-0.05, 0) is 43.5 Å². The van der Waals surface area contributed by atoms with Crippen molar-refractivity contribution in [1.82, 2.24) is 0 Å². The smallest absolute Gasteiger partial charge is 0.165 e. The molecule has 88 valence electrons. The molecular weight excluding hydrogens is 205 g/mol. The van der Waals surface area contributed by atoms with Crippen molar-refractivity contribution in [2.24, 2.45) is 5.73 Å². The van der Waals surface area contributed by atoms with Crippen LogP contribution in [0.1, 0.15) is 19.4 Å². The van der Waals surface area contributed by atoms with Gasteiger partial charge >= 0.3 is 0 Å². The van der Waals surface area contributed by atoms with E-state index in [1.54, 1.807) is 6.07 Å². The van der Waals surface area contributed by atoms with E-state index in [1.807, 2.05) is 19.9 Å². The Labute approximate surface area is 95.9 Å². The monoisotopic (exact) mass is 223 g/mol. The summed E-state index contributed by atoms with van der Waals surface area (Å²) >= 11 is 0. The van der Waals surface area contributed by atoms with Gasteiger partial charge in [-0.2, -0.15) is 0 Å². The maximum atomic E-state index is 13.6. The summed E-state index contributed by atoms with van der Waals surface area (Å²) in [6.07, 6.45) is 0.664. The Morgan fingerprint density at radius 3 is 2.75 bits per heavy atom. The third kappa shape index (κ3) is 4.03. The quantitative estimate of drug-likeness (QED) is 0.779. The van der Waals surface area contributed by atoms with Gasteiger partial charge in [0, 0.05) is 6.04 Å². The molecule has 0 fully saturated rings. The van der Waals surface area contributed by atoms with E-state index >= 15 is 0 Å². The lowest BCUT2D eigenvalue weighted by Gasteiger charge is -2.09. The van der Waals surface area contributed by atoms with Gasteiger partial charge in [-0.25, -0.2) is 4.39 Å². The van der Waals surface area contributed by atoms with Crippen LogP contribution in [0.15, 0.2) is 30.4 Å². The van der Waals surface area contributed by atoms with E-state index < -0.39 is 0 Å². The fourth-order valence-electron chi connectivity index (χ4n) is 1.36. The van der Waals surface area contributed by atoms with Gasteiger partial charge in [0.1, 0.15) is 6.61 Å². The van der Waals surface area contributed by atoms with Gasteiger partial charge in [0.25, 0.3) is 0 Å². The fourth-order valence-corrected chi connectivity index (χ4v) is 1.36. The van der Waals surface area contributed by atoms with Gasteiger partial charge in [0.05, 0.1) is 0 Å². The summed E-state index contributed by atoms with van der Waals surface area (Å²) in [6, 6.07) is 4.97.